The van der Waals surface area contributed by atoms with Crippen LogP contribution in [0.4, 0.5) is 0 Å². The lowest BCUT2D eigenvalue weighted by atomic mass is 10.2. The molecule has 0 radical (unpaired) electrons. The Morgan fingerprint density at radius 2 is 2.20 bits per heavy atom. The minimum atomic E-state index is -0.819. The van der Waals surface area contributed by atoms with Crippen LogP contribution in [-0.4, -0.2) is 48.9 Å². The van der Waals surface area contributed by atoms with E-state index in [-0.39, 0.29) is 13.2 Å². The maximum absolute atomic E-state index is 9.54. The molecule has 7 heteroatoms. The molecule has 1 unspecified atom stereocenters. The number of benzene rings is 1. The molecule has 0 fully saturated rings. The highest BCUT2D eigenvalue weighted by Gasteiger charge is 2.11. The van der Waals surface area contributed by atoms with Crippen LogP contribution in [-0.2, 0) is 6.54 Å². The first kappa shape index (κ1) is 13.3. The molecule has 0 bridgehead atoms. The Labute approximate surface area is 119 Å². The molecule has 2 heterocycles. The Bertz CT molecular complexity index is 759. The highest BCUT2D eigenvalue weighted by atomic mass is 32.2. The number of thioether (sulfide) groups is 1. The maximum Gasteiger partial charge on any atom is 0.117 e. The van der Waals surface area contributed by atoms with Crippen molar-refractivity contribution in [2.75, 3.05) is 12.9 Å². The van der Waals surface area contributed by atoms with Gasteiger partial charge in [0.05, 0.1) is 36.5 Å². The third-order valence-corrected chi connectivity index (χ3v) is 3.86. The molecule has 104 valence electrons. The van der Waals surface area contributed by atoms with Gasteiger partial charge in [0.2, 0.25) is 0 Å². The number of fused-ring (bicyclic) bond motifs is 2. The minimum absolute atomic E-state index is 0.256. The third kappa shape index (κ3) is 2.24. The van der Waals surface area contributed by atoms with Crippen LogP contribution >= 0.6 is 11.8 Å². The fourth-order valence-corrected chi connectivity index (χ4v) is 2.71. The van der Waals surface area contributed by atoms with Crippen LogP contribution in [0.2, 0.25) is 0 Å². The predicted molar refractivity (Wildman–Crippen MR) is 77.7 cm³/mol. The molecule has 0 aliphatic heterocycles. The molecule has 0 spiro atoms. The summed E-state index contributed by atoms with van der Waals surface area (Å²) in [6.07, 6.45) is 4.45. The van der Waals surface area contributed by atoms with Crippen LogP contribution in [0.15, 0.2) is 29.7 Å². The Morgan fingerprint density at radius 3 is 2.95 bits per heavy atom. The lowest BCUT2D eigenvalue weighted by Gasteiger charge is -2.09. The van der Waals surface area contributed by atoms with Crippen molar-refractivity contribution < 1.29 is 10.2 Å². The van der Waals surface area contributed by atoms with Crippen LogP contribution < -0.4 is 0 Å². The van der Waals surface area contributed by atoms with E-state index in [0.29, 0.717) is 0 Å². The highest BCUT2D eigenvalue weighted by molar-refractivity contribution is 7.98. The number of rotatable bonds is 4. The molecule has 0 saturated carbocycles. The molecule has 0 aliphatic carbocycles. The van der Waals surface area contributed by atoms with E-state index >= 15 is 0 Å². The van der Waals surface area contributed by atoms with Gasteiger partial charge >= 0.3 is 0 Å². The molecule has 2 aromatic heterocycles. The van der Waals surface area contributed by atoms with Crippen molar-refractivity contribution >= 4 is 33.6 Å². The molecule has 20 heavy (non-hydrogen) atoms. The van der Waals surface area contributed by atoms with Crippen LogP contribution in [0.1, 0.15) is 0 Å². The quantitative estimate of drug-likeness (QED) is 0.552. The van der Waals surface area contributed by atoms with Gasteiger partial charge in [-0.25, -0.2) is 9.97 Å². The van der Waals surface area contributed by atoms with Gasteiger partial charge in [-0.1, -0.05) is 0 Å². The smallest absolute Gasteiger partial charge is 0.117 e. The van der Waals surface area contributed by atoms with E-state index in [2.05, 4.69) is 15.1 Å². The number of hydrogen-bond acceptors (Lipinski definition) is 6. The summed E-state index contributed by atoms with van der Waals surface area (Å²) in [4.78, 5) is 8.53. The molecular formula is C13H14N4O2S. The number of nitrogens with zero attached hydrogens (tertiary/aromatic N) is 4. The second-order valence-electron chi connectivity index (χ2n) is 4.47. The van der Waals surface area contributed by atoms with Crippen LogP contribution in [0, 0.1) is 0 Å². The van der Waals surface area contributed by atoms with E-state index in [9.17, 15) is 5.11 Å². The van der Waals surface area contributed by atoms with Crippen molar-refractivity contribution in [3.05, 3.63) is 24.7 Å². The Balaban J connectivity index is 2.17. The summed E-state index contributed by atoms with van der Waals surface area (Å²) in [7, 11) is 0. The van der Waals surface area contributed by atoms with Crippen LogP contribution in [0.5, 0.6) is 0 Å². The number of aliphatic hydroxyl groups excluding tert-OH is 2. The lowest BCUT2D eigenvalue weighted by molar-refractivity contribution is 0.0793. The maximum atomic E-state index is 9.54. The fraction of sp³-hybridized carbons (Fsp3) is 0.308. The molecule has 2 N–H and O–H groups in total. The lowest BCUT2D eigenvalue weighted by Crippen LogP contribution is -2.20. The first-order chi connectivity index (χ1) is 9.72. The third-order valence-electron chi connectivity index (χ3n) is 3.15. The van der Waals surface area contributed by atoms with Gasteiger partial charge in [0.25, 0.3) is 0 Å². The van der Waals surface area contributed by atoms with E-state index < -0.39 is 6.10 Å². The predicted octanol–water partition coefficient (Wildman–Crippen LogP) is 1.05. The normalized spacial score (nSPS) is 13.2. The molecule has 1 atom stereocenters. The van der Waals surface area contributed by atoms with Crippen molar-refractivity contribution in [3.8, 4) is 0 Å². The van der Waals surface area contributed by atoms with Gasteiger partial charge in [-0.15, -0.1) is 11.8 Å². The zero-order valence-electron chi connectivity index (χ0n) is 10.9. The summed E-state index contributed by atoms with van der Waals surface area (Å²) >= 11 is 1.58. The first-order valence-corrected chi connectivity index (χ1v) is 7.38. The van der Waals surface area contributed by atoms with Crippen molar-refractivity contribution in [1.82, 2.24) is 19.7 Å². The summed E-state index contributed by atoms with van der Waals surface area (Å²) in [5.74, 6) is 0. The molecule has 3 rings (SSSR count). The molecule has 0 aliphatic rings. The summed E-state index contributed by atoms with van der Waals surface area (Å²) < 4.78 is 1.68. The van der Waals surface area contributed by atoms with E-state index in [1.807, 2.05) is 18.4 Å². The highest BCUT2D eigenvalue weighted by Crippen LogP contribution is 2.27. The molecule has 3 aromatic rings. The van der Waals surface area contributed by atoms with Crippen LogP contribution in [0.3, 0.4) is 0 Å². The second-order valence-corrected chi connectivity index (χ2v) is 5.27. The summed E-state index contributed by atoms with van der Waals surface area (Å²) in [6.45, 7) is -0.0281. The fourth-order valence-electron chi connectivity index (χ4n) is 2.17. The van der Waals surface area contributed by atoms with Gasteiger partial charge in [-0.3, -0.25) is 4.68 Å². The molecular weight excluding hydrogens is 276 g/mol. The molecule has 0 saturated heterocycles. The Kier molecular flexibility index (Phi) is 3.56. The topological polar surface area (TPSA) is 84.1 Å². The van der Waals surface area contributed by atoms with E-state index in [4.69, 9.17) is 5.11 Å². The summed E-state index contributed by atoms with van der Waals surface area (Å²) in [5.41, 5.74) is 1.73. The zero-order valence-corrected chi connectivity index (χ0v) is 11.7. The van der Waals surface area contributed by atoms with E-state index in [0.717, 1.165) is 26.8 Å². The summed E-state index contributed by atoms with van der Waals surface area (Å²) in [6, 6.07) is 3.94. The van der Waals surface area contributed by atoms with E-state index in [1.165, 1.54) is 0 Å². The first-order valence-electron chi connectivity index (χ1n) is 6.16. The van der Waals surface area contributed by atoms with Crippen molar-refractivity contribution in [1.29, 1.82) is 0 Å². The minimum Gasteiger partial charge on any atom is -0.394 e. The van der Waals surface area contributed by atoms with Crippen molar-refractivity contribution in [2.45, 2.75) is 17.7 Å². The number of aromatic nitrogens is 4. The van der Waals surface area contributed by atoms with Crippen LogP contribution in [0.25, 0.3) is 21.8 Å². The number of aliphatic hydroxyl groups is 2. The number of hydrogen-bond donors (Lipinski definition) is 2. The van der Waals surface area contributed by atoms with Crippen molar-refractivity contribution in [2.24, 2.45) is 0 Å². The Hall–Kier alpha value is -1.70. The Morgan fingerprint density at radius 1 is 1.35 bits per heavy atom. The average Bonchev–Trinajstić information content (AvgIpc) is 2.86. The van der Waals surface area contributed by atoms with Gasteiger partial charge in [0.1, 0.15) is 11.4 Å². The second kappa shape index (κ2) is 5.35. The van der Waals surface area contributed by atoms with Gasteiger partial charge in [-0.2, -0.15) is 5.10 Å². The monoisotopic (exact) mass is 290 g/mol. The molecule has 0 amide bonds. The average molecular weight is 290 g/mol. The van der Waals surface area contributed by atoms with Gasteiger partial charge in [0, 0.05) is 10.8 Å². The van der Waals surface area contributed by atoms with Gasteiger partial charge < -0.3 is 10.2 Å². The van der Waals surface area contributed by atoms with Gasteiger partial charge in [-0.05, 0) is 18.4 Å². The molecule has 6 nitrogen and oxygen atoms in total. The van der Waals surface area contributed by atoms with Crippen molar-refractivity contribution in [3.63, 3.8) is 0 Å². The summed E-state index contributed by atoms with van der Waals surface area (Å²) in [5, 5.41) is 25.6. The van der Waals surface area contributed by atoms with E-state index in [1.54, 1.807) is 29.0 Å². The molecule has 1 aromatic carbocycles. The SMILES string of the molecule is CSc1ncnc2cc3c(cnn3CC(O)CO)cc12. The standard InChI is InChI=1S/C13H14N4O2S/c1-20-13-10-2-8-4-16-17(5-9(19)6-18)12(8)3-11(10)14-7-15-13/h2-4,7,9,18-19H,5-6H2,1H3. The zero-order chi connectivity index (χ0) is 14.1. The van der Waals surface area contributed by atoms with Gasteiger partial charge in [0.15, 0.2) is 0 Å². The largest absolute Gasteiger partial charge is 0.394 e.